The van der Waals surface area contributed by atoms with Gasteiger partial charge in [-0.05, 0) is 57.5 Å². The number of aliphatic imine (C=N–C) groups is 1. The van der Waals surface area contributed by atoms with Crippen LogP contribution in [0.3, 0.4) is 0 Å². The van der Waals surface area contributed by atoms with Crippen molar-refractivity contribution in [1.29, 1.82) is 0 Å². The zero-order valence-corrected chi connectivity index (χ0v) is 20.4. The standard InChI is InChI=1S/C22H38N4O.HI/c1-5-23-22(24-14-10-11-15-25(6-2)7-3)26-16-17-27-21(18-26)20-13-9-8-12-19(20)4;/h8-9,12-13,21H,5-7,10-11,14-18H2,1-4H3,(H,23,24);1H. The maximum absolute atomic E-state index is 6.07. The molecule has 1 atom stereocenters. The summed E-state index contributed by atoms with van der Waals surface area (Å²) in [5.41, 5.74) is 2.58. The van der Waals surface area contributed by atoms with Crippen LogP contribution in [-0.4, -0.2) is 68.2 Å². The van der Waals surface area contributed by atoms with E-state index in [0.29, 0.717) is 0 Å². The van der Waals surface area contributed by atoms with E-state index in [4.69, 9.17) is 9.73 Å². The third-order valence-corrected chi connectivity index (χ3v) is 5.27. The highest BCUT2D eigenvalue weighted by molar-refractivity contribution is 14.0. The summed E-state index contributed by atoms with van der Waals surface area (Å²) in [7, 11) is 0. The van der Waals surface area contributed by atoms with E-state index >= 15 is 0 Å². The van der Waals surface area contributed by atoms with Crippen molar-refractivity contribution in [2.24, 2.45) is 4.99 Å². The number of benzene rings is 1. The SMILES string of the molecule is CCNC(=NCCCCN(CC)CC)N1CCOC(c2ccccc2C)C1.I. The lowest BCUT2D eigenvalue weighted by Gasteiger charge is -2.35. The van der Waals surface area contributed by atoms with Crippen molar-refractivity contribution in [2.75, 3.05) is 52.4 Å². The molecule has 0 amide bonds. The molecule has 2 rings (SSSR count). The number of unbranched alkanes of at least 4 members (excludes halogenated alkanes) is 1. The van der Waals surface area contributed by atoms with Crippen molar-refractivity contribution >= 4 is 29.9 Å². The van der Waals surface area contributed by atoms with Gasteiger partial charge in [0.2, 0.25) is 0 Å². The molecule has 1 fully saturated rings. The molecule has 1 heterocycles. The molecule has 5 nitrogen and oxygen atoms in total. The first-order valence-electron chi connectivity index (χ1n) is 10.6. The first-order chi connectivity index (χ1) is 13.2. The van der Waals surface area contributed by atoms with Crippen molar-refractivity contribution < 1.29 is 4.74 Å². The number of ether oxygens (including phenoxy) is 1. The highest BCUT2D eigenvalue weighted by atomic mass is 127. The van der Waals surface area contributed by atoms with Gasteiger partial charge >= 0.3 is 0 Å². The lowest BCUT2D eigenvalue weighted by molar-refractivity contribution is -0.00832. The van der Waals surface area contributed by atoms with Crippen LogP contribution in [0.5, 0.6) is 0 Å². The number of morpholine rings is 1. The largest absolute Gasteiger partial charge is 0.370 e. The van der Waals surface area contributed by atoms with Crippen LogP contribution in [0.2, 0.25) is 0 Å². The van der Waals surface area contributed by atoms with Gasteiger partial charge in [0.15, 0.2) is 5.96 Å². The number of hydrogen-bond donors (Lipinski definition) is 1. The van der Waals surface area contributed by atoms with E-state index in [1.807, 2.05) is 0 Å². The normalized spacial score (nSPS) is 17.5. The van der Waals surface area contributed by atoms with Crippen LogP contribution < -0.4 is 5.32 Å². The van der Waals surface area contributed by atoms with Crippen LogP contribution in [0.25, 0.3) is 0 Å². The van der Waals surface area contributed by atoms with Gasteiger partial charge in [-0.1, -0.05) is 38.1 Å². The summed E-state index contributed by atoms with van der Waals surface area (Å²) in [6.07, 6.45) is 2.46. The summed E-state index contributed by atoms with van der Waals surface area (Å²) in [5, 5.41) is 3.47. The van der Waals surface area contributed by atoms with Crippen LogP contribution in [0.1, 0.15) is 50.8 Å². The van der Waals surface area contributed by atoms with Gasteiger partial charge in [0.05, 0.1) is 13.2 Å². The Hall–Kier alpha value is -0.860. The summed E-state index contributed by atoms with van der Waals surface area (Å²) in [6.45, 7) is 16.5. The highest BCUT2D eigenvalue weighted by Crippen LogP contribution is 2.24. The van der Waals surface area contributed by atoms with Crippen LogP contribution in [0, 0.1) is 6.92 Å². The van der Waals surface area contributed by atoms with Crippen molar-refractivity contribution in [1.82, 2.24) is 15.1 Å². The number of guanidine groups is 1. The Balaban J connectivity index is 0.00000392. The average molecular weight is 502 g/mol. The monoisotopic (exact) mass is 502 g/mol. The second kappa shape index (κ2) is 14.2. The third-order valence-electron chi connectivity index (χ3n) is 5.27. The number of hydrogen-bond acceptors (Lipinski definition) is 3. The van der Waals surface area contributed by atoms with Crippen LogP contribution >= 0.6 is 24.0 Å². The molecule has 0 aromatic heterocycles. The van der Waals surface area contributed by atoms with Crippen LogP contribution in [0.4, 0.5) is 0 Å². The molecule has 28 heavy (non-hydrogen) atoms. The fourth-order valence-electron chi connectivity index (χ4n) is 3.58. The Bertz CT molecular complexity index is 577. The van der Waals surface area contributed by atoms with Crippen molar-refractivity contribution in [3.05, 3.63) is 35.4 Å². The number of nitrogens with zero attached hydrogens (tertiary/aromatic N) is 3. The molecule has 1 aliphatic heterocycles. The number of halogens is 1. The van der Waals surface area contributed by atoms with Gasteiger partial charge in [-0.2, -0.15) is 0 Å². The Morgan fingerprint density at radius 3 is 2.64 bits per heavy atom. The third kappa shape index (κ3) is 7.87. The topological polar surface area (TPSA) is 40.1 Å². The highest BCUT2D eigenvalue weighted by Gasteiger charge is 2.25. The zero-order chi connectivity index (χ0) is 19.5. The molecule has 0 bridgehead atoms. The maximum Gasteiger partial charge on any atom is 0.194 e. The molecule has 0 aliphatic carbocycles. The molecule has 1 aromatic carbocycles. The summed E-state index contributed by atoms with van der Waals surface area (Å²) in [6, 6.07) is 8.52. The Morgan fingerprint density at radius 1 is 1.21 bits per heavy atom. The van der Waals surface area contributed by atoms with E-state index in [1.165, 1.54) is 24.1 Å². The fraction of sp³-hybridized carbons (Fsp3) is 0.682. The smallest absolute Gasteiger partial charge is 0.194 e. The van der Waals surface area contributed by atoms with E-state index in [-0.39, 0.29) is 30.1 Å². The summed E-state index contributed by atoms with van der Waals surface area (Å²) >= 11 is 0. The average Bonchev–Trinajstić information content (AvgIpc) is 2.70. The van der Waals surface area contributed by atoms with Gasteiger partial charge in [-0.25, -0.2) is 0 Å². The van der Waals surface area contributed by atoms with Crippen molar-refractivity contribution in [2.45, 2.75) is 46.6 Å². The number of nitrogens with one attached hydrogen (secondary N) is 1. The molecular formula is C22H39IN4O. The summed E-state index contributed by atoms with van der Waals surface area (Å²) in [4.78, 5) is 9.73. The molecule has 1 saturated heterocycles. The molecule has 0 spiro atoms. The second-order valence-corrected chi connectivity index (χ2v) is 7.13. The van der Waals surface area contributed by atoms with Crippen molar-refractivity contribution in [3.8, 4) is 0 Å². The van der Waals surface area contributed by atoms with Crippen LogP contribution in [-0.2, 0) is 4.74 Å². The van der Waals surface area contributed by atoms with E-state index in [0.717, 1.165) is 58.3 Å². The van der Waals surface area contributed by atoms with Gasteiger partial charge in [-0.3, -0.25) is 4.99 Å². The minimum Gasteiger partial charge on any atom is -0.370 e. The lowest BCUT2D eigenvalue weighted by atomic mass is 10.0. The molecule has 0 radical (unpaired) electrons. The predicted molar refractivity (Wildman–Crippen MR) is 130 cm³/mol. The minimum absolute atomic E-state index is 0. The maximum atomic E-state index is 6.07. The molecule has 0 saturated carbocycles. The van der Waals surface area contributed by atoms with Gasteiger partial charge < -0.3 is 19.9 Å². The van der Waals surface area contributed by atoms with E-state index in [1.54, 1.807) is 0 Å². The molecule has 1 N–H and O–H groups in total. The Kier molecular flexibility index (Phi) is 12.7. The second-order valence-electron chi connectivity index (χ2n) is 7.13. The Labute approximate surface area is 188 Å². The van der Waals surface area contributed by atoms with E-state index < -0.39 is 0 Å². The van der Waals surface area contributed by atoms with Gasteiger partial charge in [0.1, 0.15) is 6.10 Å². The van der Waals surface area contributed by atoms with Gasteiger partial charge in [0.25, 0.3) is 0 Å². The number of aryl methyl sites for hydroxylation is 1. The lowest BCUT2D eigenvalue weighted by Crippen LogP contribution is -2.48. The molecule has 1 aliphatic rings. The number of rotatable bonds is 9. The van der Waals surface area contributed by atoms with E-state index in [2.05, 4.69) is 67.1 Å². The molecule has 1 unspecified atom stereocenters. The van der Waals surface area contributed by atoms with Gasteiger partial charge in [0, 0.05) is 19.6 Å². The van der Waals surface area contributed by atoms with Gasteiger partial charge in [-0.15, -0.1) is 24.0 Å². The molecule has 6 heteroatoms. The quantitative estimate of drug-likeness (QED) is 0.239. The molecule has 1 aromatic rings. The Morgan fingerprint density at radius 2 is 1.96 bits per heavy atom. The first kappa shape index (κ1) is 25.2. The summed E-state index contributed by atoms with van der Waals surface area (Å²) in [5.74, 6) is 1.03. The first-order valence-corrected chi connectivity index (χ1v) is 10.6. The molecule has 160 valence electrons. The summed E-state index contributed by atoms with van der Waals surface area (Å²) < 4.78 is 6.07. The minimum atomic E-state index is 0. The predicted octanol–water partition coefficient (Wildman–Crippen LogP) is 4.07. The van der Waals surface area contributed by atoms with Crippen LogP contribution in [0.15, 0.2) is 29.3 Å². The fourth-order valence-corrected chi connectivity index (χ4v) is 3.58. The van der Waals surface area contributed by atoms with E-state index in [9.17, 15) is 0 Å². The van der Waals surface area contributed by atoms with Crippen molar-refractivity contribution in [3.63, 3.8) is 0 Å². The zero-order valence-electron chi connectivity index (χ0n) is 18.1. The molecular weight excluding hydrogens is 463 g/mol.